The zero-order chi connectivity index (χ0) is 16.0. The summed E-state index contributed by atoms with van der Waals surface area (Å²) in [6.07, 6.45) is -2.54. The predicted molar refractivity (Wildman–Crippen MR) is 85.5 cm³/mol. The van der Waals surface area contributed by atoms with Gasteiger partial charge >= 0.3 is 6.18 Å². The van der Waals surface area contributed by atoms with Crippen LogP contribution in [0.5, 0.6) is 0 Å². The van der Waals surface area contributed by atoms with E-state index in [1.807, 2.05) is 12.4 Å². The number of thioether (sulfide) groups is 1. The molecule has 8 heteroatoms. The van der Waals surface area contributed by atoms with Crippen LogP contribution in [0.25, 0.3) is 0 Å². The molecule has 0 aromatic heterocycles. The van der Waals surface area contributed by atoms with E-state index in [1.54, 1.807) is 6.07 Å². The van der Waals surface area contributed by atoms with E-state index in [0.29, 0.717) is 10.5 Å². The van der Waals surface area contributed by atoms with Crippen molar-refractivity contribution in [2.45, 2.75) is 30.0 Å². The summed E-state index contributed by atoms with van der Waals surface area (Å²) in [5.41, 5.74) is -0.0318. The molecule has 21 heavy (non-hydrogen) atoms. The maximum absolute atomic E-state index is 12.9. The van der Waals surface area contributed by atoms with E-state index in [4.69, 9.17) is 5.26 Å². The molecule has 1 aliphatic rings. The van der Waals surface area contributed by atoms with Crippen LogP contribution in [0.4, 0.5) is 13.2 Å². The lowest BCUT2D eigenvalue weighted by Gasteiger charge is -2.21. The first-order chi connectivity index (χ1) is 9.91. The van der Waals surface area contributed by atoms with E-state index >= 15 is 0 Å². The van der Waals surface area contributed by atoms with Crippen LogP contribution in [0, 0.1) is 10.7 Å². The molecule has 0 amide bonds. The number of halogens is 3. The average molecular weight is 352 g/mol. The molecule has 1 aliphatic heterocycles. The standard InChI is InChI=1S/C13H13F3N2S.H2S2/c1-18-4-2-3-12(18)9-5-10(13(14,15)16)7-11(6-9)19-8-17;1-2/h5-7,12H,2-4H2,1H3;1-2H. The summed E-state index contributed by atoms with van der Waals surface area (Å²) >= 11 is 7.21. The molecule has 0 aliphatic carbocycles. The van der Waals surface area contributed by atoms with Crippen molar-refractivity contribution >= 4 is 35.1 Å². The highest BCUT2D eigenvalue weighted by Crippen LogP contribution is 2.37. The third-order valence-corrected chi connectivity index (χ3v) is 3.89. The molecular weight excluding hydrogens is 337 g/mol. The molecule has 1 aromatic rings. The van der Waals surface area contributed by atoms with E-state index in [-0.39, 0.29) is 6.04 Å². The van der Waals surface area contributed by atoms with Crippen molar-refractivity contribution < 1.29 is 13.2 Å². The molecule has 0 spiro atoms. The number of nitrogens with zero attached hydrogens (tertiary/aromatic N) is 2. The van der Waals surface area contributed by atoms with Gasteiger partial charge in [0.15, 0.2) is 0 Å². The van der Waals surface area contributed by atoms with Gasteiger partial charge in [-0.25, -0.2) is 0 Å². The zero-order valence-electron chi connectivity index (χ0n) is 11.3. The highest BCUT2D eigenvalue weighted by atomic mass is 33.1. The minimum atomic E-state index is -4.38. The maximum atomic E-state index is 12.9. The largest absolute Gasteiger partial charge is 0.416 e. The summed E-state index contributed by atoms with van der Waals surface area (Å²) in [7, 11) is 1.91. The average Bonchev–Trinajstić information content (AvgIpc) is 2.86. The second-order valence-corrected chi connectivity index (χ2v) is 5.48. The number of thiocyanates is 1. The fourth-order valence-corrected chi connectivity index (χ4v) is 2.91. The number of thiol groups is 2. The van der Waals surface area contributed by atoms with E-state index in [0.717, 1.165) is 37.2 Å². The van der Waals surface area contributed by atoms with Crippen molar-refractivity contribution in [1.82, 2.24) is 4.90 Å². The molecule has 0 radical (unpaired) electrons. The third-order valence-electron chi connectivity index (χ3n) is 3.32. The van der Waals surface area contributed by atoms with Gasteiger partial charge < -0.3 is 0 Å². The quantitative estimate of drug-likeness (QED) is 0.346. The first-order valence-electron chi connectivity index (χ1n) is 6.10. The monoisotopic (exact) mass is 352 g/mol. The van der Waals surface area contributed by atoms with Crippen molar-refractivity contribution in [2.75, 3.05) is 13.6 Å². The SMILES string of the molecule is CN1CCCC1c1cc(SC#N)cc(C(F)(F)F)c1.SS. The second-order valence-electron chi connectivity index (χ2n) is 4.62. The first-order valence-corrected chi connectivity index (χ1v) is 8.52. The molecule has 0 N–H and O–H groups in total. The zero-order valence-corrected chi connectivity index (χ0v) is 13.9. The van der Waals surface area contributed by atoms with Gasteiger partial charge in [-0.1, -0.05) is 0 Å². The van der Waals surface area contributed by atoms with Gasteiger partial charge in [0.05, 0.1) is 5.56 Å². The molecule has 116 valence electrons. The number of hydrogen-bond acceptors (Lipinski definition) is 5. The molecule has 1 saturated heterocycles. The Kier molecular flexibility index (Phi) is 7.27. The van der Waals surface area contributed by atoms with Gasteiger partial charge in [0, 0.05) is 10.9 Å². The lowest BCUT2D eigenvalue weighted by molar-refractivity contribution is -0.137. The lowest BCUT2D eigenvalue weighted by Crippen LogP contribution is -2.18. The number of nitriles is 1. The predicted octanol–water partition coefficient (Wildman–Crippen LogP) is 4.81. The molecule has 1 heterocycles. The number of hydrogen-bond donors (Lipinski definition) is 2. The molecule has 1 fully saturated rings. The number of likely N-dealkylation sites (tertiary alicyclic amines) is 1. The summed E-state index contributed by atoms with van der Waals surface area (Å²) in [5.74, 6) is 0. The van der Waals surface area contributed by atoms with Crippen LogP contribution in [0.1, 0.15) is 30.0 Å². The van der Waals surface area contributed by atoms with E-state index in [1.165, 1.54) is 6.07 Å². The molecule has 2 rings (SSSR count). The Morgan fingerprint density at radius 1 is 1.33 bits per heavy atom. The Balaban J connectivity index is 0.00000106. The van der Waals surface area contributed by atoms with Gasteiger partial charge in [0.25, 0.3) is 0 Å². The van der Waals surface area contributed by atoms with Crippen LogP contribution >= 0.6 is 35.1 Å². The fourth-order valence-electron chi connectivity index (χ4n) is 2.42. The van der Waals surface area contributed by atoms with Gasteiger partial charge in [0.1, 0.15) is 5.40 Å². The Hall–Kier alpha value is -0.490. The van der Waals surface area contributed by atoms with E-state index in [9.17, 15) is 13.2 Å². The highest BCUT2D eigenvalue weighted by molar-refractivity contribution is 8.59. The molecule has 0 bridgehead atoms. The van der Waals surface area contributed by atoms with Crippen LogP contribution in [0.3, 0.4) is 0 Å². The van der Waals surface area contributed by atoms with Crippen LogP contribution in [0.2, 0.25) is 0 Å². The number of rotatable bonds is 2. The summed E-state index contributed by atoms with van der Waals surface area (Å²) in [5, 5.41) is 10.5. The number of benzene rings is 1. The number of alkyl halides is 3. The maximum Gasteiger partial charge on any atom is 0.416 e. The van der Waals surface area contributed by atoms with Crippen LogP contribution < -0.4 is 0 Å². The van der Waals surface area contributed by atoms with Crippen molar-refractivity contribution in [3.63, 3.8) is 0 Å². The van der Waals surface area contributed by atoms with Gasteiger partial charge in [0.2, 0.25) is 0 Å². The van der Waals surface area contributed by atoms with Gasteiger partial charge in [-0.15, -0.1) is 23.3 Å². The minimum Gasteiger partial charge on any atom is -0.299 e. The molecule has 1 atom stereocenters. The summed E-state index contributed by atoms with van der Waals surface area (Å²) in [6, 6.07) is 3.94. The van der Waals surface area contributed by atoms with Gasteiger partial charge in [-0.2, -0.15) is 18.4 Å². The Labute approximate surface area is 136 Å². The molecule has 1 aromatic carbocycles. The summed E-state index contributed by atoms with van der Waals surface area (Å²) < 4.78 is 38.6. The second kappa shape index (κ2) is 8.22. The van der Waals surface area contributed by atoms with E-state index in [2.05, 4.69) is 28.2 Å². The molecule has 2 nitrogen and oxygen atoms in total. The van der Waals surface area contributed by atoms with Crippen LogP contribution in [0.15, 0.2) is 23.1 Å². The molecule has 0 saturated carbocycles. The van der Waals surface area contributed by atoms with Gasteiger partial charge in [-0.3, -0.25) is 4.90 Å². The summed E-state index contributed by atoms with van der Waals surface area (Å²) in [6.45, 7) is 0.891. The third kappa shape index (κ3) is 5.02. The minimum absolute atomic E-state index is 0.0142. The fraction of sp³-hybridized carbons (Fsp3) is 0.462. The van der Waals surface area contributed by atoms with Crippen LogP contribution in [-0.2, 0) is 6.18 Å². The topological polar surface area (TPSA) is 27.0 Å². The highest BCUT2D eigenvalue weighted by Gasteiger charge is 2.33. The first kappa shape index (κ1) is 18.6. The van der Waals surface area contributed by atoms with Crippen molar-refractivity contribution in [3.8, 4) is 5.40 Å². The van der Waals surface area contributed by atoms with Crippen LogP contribution in [-0.4, -0.2) is 18.5 Å². The van der Waals surface area contributed by atoms with E-state index < -0.39 is 11.7 Å². The molecular formula is C13H15F3N2S3. The summed E-state index contributed by atoms with van der Waals surface area (Å²) in [4.78, 5) is 2.41. The van der Waals surface area contributed by atoms with Crippen molar-refractivity contribution in [3.05, 3.63) is 29.3 Å². The Morgan fingerprint density at radius 2 is 2.00 bits per heavy atom. The van der Waals surface area contributed by atoms with Crippen molar-refractivity contribution in [1.29, 1.82) is 5.26 Å². The molecule has 1 unspecified atom stereocenters. The Bertz CT molecular complexity index is 514. The van der Waals surface area contributed by atoms with Gasteiger partial charge in [-0.05, 0) is 62.0 Å². The Morgan fingerprint density at radius 3 is 2.48 bits per heavy atom. The normalized spacial score (nSPS) is 18.8. The lowest BCUT2D eigenvalue weighted by atomic mass is 10.0. The van der Waals surface area contributed by atoms with Crippen molar-refractivity contribution in [2.24, 2.45) is 0 Å². The smallest absolute Gasteiger partial charge is 0.299 e.